The average Bonchev–Trinajstić information content (AvgIpc) is 2.69. The Balaban J connectivity index is 1.49. The van der Waals surface area contributed by atoms with E-state index in [1.807, 2.05) is 67.6 Å². The van der Waals surface area contributed by atoms with Crippen LogP contribution in [0.15, 0.2) is 60.7 Å². The maximum absolute atomic E-state index is 12.5. The van der Waals surface area contributed by atoms with Gasteiger partial charge in [-0.1, -0.05) is 48.5 Å². The van der Waals surface area contributed by atoms with Crippen LogP contribution in [0.1, 0.15) is 31.4 Å². The smallest absolute Gasteiger partial charge is 0.234 e. The van der Waals surface area contributed by atoms with Gasteiger partial charge in [0.2, 0.25) is 11.8 Å². The lowest BCUT2D eigenvalue weighted by molar-refractivity contribution is -0.126. The minimum absolute atomic E-state index is 0.00419. The Bertz CT molecular complexity index is 749. The zero-order valence-electron chi connectivity index (χ0n) is 15.7. The first-order chi connectivity index (χ1) is 13.1. The molecule has 142 valence electrons. The Morgan fingerprint density at radius 3 is 2.44 bits per heavy atom. The van der Waals surface area contributed by atoms with E-state index < -0.39 is 0 Å². The summed E-state index contributed by atoms with van der Waals surface area (Å²) in [5.74, 6) is -0.0577. The van der Waals surface area contributed by atoms with Gasteiger partial charge < -0.3 is 10.6 Å². The van der Waals surface area contributed by atoms with Gasteiger partial charge in [0.05, 0.1) is 18.5 Å². The number of piperidine rings is 1. The van der Waals surface area contributed by atoms with Crippen molar-refractivity contribution in [2.45, 2.75) is 25.8 Å². The fraction of sp³-hybridized carbons (Fsp3) is 0.364. The molecule has 1 heterocycles. The van der Waals surface area contributed by atoms with Crippen LogP contribution in [-0.4, -0.2) is 36.3 Å². The number of nitrogens with one attached hydrogen (secondary N) is 2. The molecule has 2 aromatic rings. The summed E-state index contributed by atoms with van der Waals surface area (Å²) in [7, 11) is 0. The van der Waals surface area contributed by atoms with E-state index in [1.54, 1.807) is 0 Å². The highest BCUT2D eigenvalue weighted by Gasteiger charge is 2.27. The molecule has 3 rings (SSSR count). The molecule has 1 saturated heterocycles. The standard InChI is InChI=1S/C22H27N3O2/c1-17(18-9-4-2-5-10-18)23-21(26)16-25-14-8-11-19(15-25)22(27)24-20-12-6-3-7-13-20/h2-7,9-10,12-13,17,19H,8,11,14-16H2,1H3,(H,23,26)(H,24,27)/t17-,19-/m0/s1. The predicted octanol–water partition coefficient (Wildman–Crippen LogP) is 3.21. The summed E-state index contributed by atoms with van der Waals surface area (Å²) in [5.41, 5.74) is 1.90. The third-order valence-corrected chi connectivity index (χ3v) is 4.96. The predicted molar refractivity (Wildman–Crippen MR) is 107 cm³/mol. The Kier molecular flexibility index (Phi) is 6.60. The number of hydrogen-bond acceptors (Lipinski definition) is 3. The molecule has 0 bridgehead atoms. The molecule has 5 heteroatoms. The van der Waals surface area contributed by atoms with E-state index in [9.17, 15) is 9.59 Å². The van der Waals surface area contributed by atoms with E-state index in [-0.39, 0.29) is 23.8 Å². The van der Waals surface area contributed by atoms with Crippen LogP contribution in [0.4, 0.5) is 5.69 Å². The van der Waals surface area contributed by atoms with E-state index in [0.717, 1.165) is 30.6 Å². The average molecular weight is 365 g/mol. The van der Waals surface area contributed by atoms with Crippen molar-refractivity contribution in [2.24, 2.45) is 5.92 Å². The lowest BCUT2D eigenvalue weighted by Gasteiger charge is -2.31. The van der Waals surface area contributed by atoms with E-state index in [0.29, 0.717) is 13.1 Å². The van der Waals surface area contributed by atoms with Crippen LogP contribution in [0.3, 0.4) is 0 Å². The minimum atomic E-state index is -0.0849. The number of carbonyl (C=O) groups is 2. The molecule has 1 aliphatic heterocycles. The number of anilines is 1. The van der Waals surface area contributed by atoms with E-state index in [2.05, 4.69) is 15.5 Å². The quantitative estimate of drug-likeness (QED) is 0.826. The zero-order valence-corrected chi connectivity index (χ0v) is 15.7. The molecule has 2 atom stereocenters. The Hall–Kier alpha value is -2.66. The van der Waals surface area contributed by atoms with Crippen molar-refractivity contribution in [3.63, 3.8) is 0 Å². The van der Waals surface area contributed by atoms with Crippen LogP contribution in [0.2, 0.25) is 0 Å². The van der Waals surface area contributed by atoms with Crippen molar-refractivity contribution in [1.29, 1.82) is 0 Å². The molecule has 0 unspecified atom stereocenters. The lowest BCUT2D eigenvalue weighted by atomic mass is 9.97. The fourth-order valence-electron chi connectivity index (χ4n) is 3.49. The van der Waals surface area contributed by atoms with Gasteiger partial charge in [-0.3, -0.25) is 14.5 Å². The molecule has 27 heavy (non-hydrogen) atoms. The third-order valence-electron chi connectivity index (χ3n) is 4.96. The minimum Gasteiger partial charge on any atom is -0.348 e. The van der Waals surface area contributed by atoms with E-state index in [1.165, 1.54) is 0 Å². The van der Waals surface area contributed by atoms with Gasteiger partial charge in [-0.15, -0.1) is 0 Å². The number of amides is 2. The SMILES string of the molecule is C[C@H](NC(=O)CN1CCC[C@H](C(=O)Nc2ccccc2)C1)c1ccccc1. The van der Waals surface area contributed by atoms with Gasteiger partial charge in [0.25, 0.3) is 0 Å². The topological polar surface area (TPSA) is 61.4 Å². The van der Waals surface area contributed by atoms with Gasteiger partial charge in [0.15, 0.2) is 0 Å². The highest BCUT2D eigenvalue weighted by atomic mass is 16.2. The molecular formula is C22H27N3O2. The first kappa shape index (κ1) is 19.1. The first-order valence-electron chi connectivity index (χ1n) is 9.54. The molecule has 0 radical (unpaired) electrons. The summed E-state index contributed by atoms with van der Waals surface area (Å²) in [4.78, 5) is 27.0. The van der Waals surface area contributed by atoms with Crippen molar-refractivity contribution in [2.75, 3.05) is 25.0 Å². The Morgan fingerprint density at radius 1 is 1.07 bits per heavy atom. The second-order valence-corrected chi connectivity index (χ2v) is 7.13. The van der Waals surface area contributed by atoms with Crippen LogP contribution < -0.4 is 10.6 Å². The largest absolute Gasteiger partial charge is 0.348 e. The van der Waals surface area contributed by atoms with Gasteiger partial charge >= 0.3 is 0 Å². The fourth-order valence-corrected chi connectivity index (χ4v) is 3.49. The van der Waals surface area contributed by atoms with Gasteiger partial charge in [0, 0.05) is 12.2 Å². The third kappa shape index (κ3) is 5.66. The molecule has 2 amide bonds. The number of rotatable bonds is 6. The Labute approximate surface area is 160 Å². The van der Waals surface area contributed by atoms with Crippen molar-refractivity contribution < 1.29 is 9.59 Å². The zero-order chi connectivity index (χ0) is 19.1. The summed E-state index contributed by atoms with van der Waals surface area (Å²) >= 11 is 0. The van der Waals surface area contributed by atoms with Crippen LogP contribution >= 0.6 is 0 Å². The summed E-state index contributed by atoms with van der Waals surface area (Å²) in [6.07, 6.45) is 1.78. The molecule has 2 aromatic carbocycles. The van der Waals surface area contributed by atoms with Crippen molar-refractivity contribution in [1.82, 2.24) is 10.2 Å². The molecule has 1 aliphatic rings. The summed E-state index contributed by atoms with van der Waals surface area (Å²) in [6.45, 7) is 3.78. The second kappa shape index (κ2) is 9.33. The molecule has 0 spiro atoms. The van der Waals surface area contributed by atoms with Crippen LogP contribution in [0.5, 0.6) is 0 Å². The number of benzene rings is 2. The molecule has 0 aliphatic carbocycles. The maximum Gasteiger partial charge on any atom is 0.234 e. The molecule has 5 nitrogen and oxygen atoms in total. The van der Waals surface area contributed by atoms with Crippen molar-refractivity contribution in [3.05, 3.63) is 66.2 Å². The number of nitrogens with zero attached hydrogens (tertiary/aromatic N) is 1. The summed E-state index contributed by atoms with van der Waals surface area (Å²) in [6, 6.07) is 19.4. The molecule has 2 N–H and O–H groups in total. The molecule has 0 saturated carbocycles. The normalized spacial score (nSPS) is 18.5. The van der Waals surface area contributed by atoms with Gasteiger partial charge in [0.1, 0.15) is 0 Å². The van der Waals surface area contributed by atoms with Crippen LogP contribution in [-0.2, 0) is 9.59 Å². The Morgan fingerprint density at radius 2 is 1.74 bits per heavy atom. The van der Waals surface area contributed by atoms with Crippen LogP contribution in [0.25, 0.3) is 0 Å². The summed E-state index contributed by atoms with van der Waals surface area (Å²) in [5, 5.41) is 6.02. The monoisotopic (exact) mass is 365 g/mol. The number of hydrogen-bond donors (Lipinski definition) is 2. The molecule has 1 fully saturated rings. The summed E-state index contributed by atoms with van der Waals surface area (Å²) < 4.78 is 0. The highest BCUT2D eigenvalue weighted by molar-refractivity contribution is 5.92. The van der Waals surface area contributed by atoms with Gasteiger partial charge in [-0.05, 0) is 44.0 Å². The lowest BCUT2D eigenvalue weighted by Crippen LogP contribution is -2.45. The number of carbonyl (C=O) groups excluding carboxylic acids is 2. The second-order valence-electron chi connectivity index (χ2n) is 7.13. The van der Waals surface area contributed by atoms with Gasteiger partial charge in [-0.2, -0.15) is 0 Å². The van der Waals surface area contributed by atoms with Crippen molar-refractivity contribution in [3.8, 4) is 0 Å². The van der Waals surface area contributed by atoms with E-state index >= 15 is 0 Å². The van der Waals surface area contributed by atoms with Gasteiger partial charge in [-0.25, -0.2) is 0 Å². The maximum atomic E-state index is 12.5. The number of likely N-dealkylation sites (tertiary alicyclic amines) is 1. The van der Waals surface area contributed by atoms with Crippen molar-refractivity contribution >= 4 is 17.5 Å². The first-order valence-corrected chi connectivity index (χ1v) is 9.54. The van der Waals surface area contributed by atoms with Crippen LogP contribution in [0, 0.1) is 5.92 Å². The molecular weight excluding hydrogens is 338 g/mol. The number of para-hydroxylation sites is 1. The van der Waals surface area contributed by atoms with E-state index in [4.69, 9.17) is 0 Å². The highest BCUT2D eigenvalue weighted by Crippen LogP contribution is 2.19. The molecule has 0 aromatic heterocycles.